The first-order valence-electron chi connectivity index (χ1n) is 10.6. The van der Waals surface area contributed by atoms with Crippen molar-refractivity contribution in [1.29, 1.82) is 0 Å². The Morgan fingerprint density at radius 2 is 1.91 bits per heavy atom. The molecule has 7 nitrogen and oxygen atoms in total. The van der Waals surface area contributed by atoms with Crippen LogP contribution in [0.25, 0.3) is 11.3 Å². The molecule has 0 aliphatic carbocycles. The molecule has 1 aromatic heterocycles. The lowest BCUT2D eigenvalue weighted by Crippen LogP contribution is -2.10. The fraction of sp³-hybridized carbons (Fsp3) is 0.0769. The number of halogens is 2. The molecule has 174 valence electrons. The summed E-state index contributed by atoms with van der Waals surface area (Å²) in [6, 6.07) is 16.6. The molecule has 0 radical (unpaired) electrons. The number of aromatic nitrogens is 2. The van der Waals surface area contributed by atoms with E-state index in [0.29, 0.717) is 44.9 Å². The number of ether oxygens (including phenoxy) is 1. The van der Waals surface area contributed by atoms with Crippen molar-refractivity contribution < 1.29 is 13.9 Å². The first-order valence-corrected chi connectivity index (χ1v) is 11.0. The minimum atomic E-state index is -0.504. The van der Waals surface area contributed by atoms with Crippen LogP contribution in [0.1, 0.15) is 27.0 Å². The van der Waals surface area contributed by atoms with Crippen molar-refractivity contribution in [2.75, 3.05) is 12.4 Å². The highest BCUT2D eigenvalue weighted by atomic mass is 35.5. The van der Waals surface area contributed by atoms with Crippen molar-refractivity contribution in [2.45, 2.75) is 6.54 Å². The van der Waals surface area contributed by atoms with E-state index < -0.39 is 11.7 Å². The molecule has 0 saturated carbocycles. The van der Waals surface area contributed by atoms with Crippen molar-refractivity contribution in [1.82, 2.24) is 9.97 Å². The Balaban J connectivity index is 1.60. The molecule has 35 heavy (non-hydrogen) atoms. The molecule has 3 aromatic carbocycles. The van der Waals surface area contributed by atoms with E-state index in [0.717, 1.165) is 11.1 Å². The van der Waals surface area contributed by atoms with Crippen molar-refractivity contribution in [3.63, 3.8) is 0 Å². The van der Waals surface area contributed by atoms with Crippen LogP contribution >= 0.6 is 11.6 Å². The lowest BCUT2D eigenvalue weighted by Gasteiger charge is -2.15. The molecule has 0 fully saturated rings. The largest absolute Gasteiger partial charge is 0.496 e. The zero-order valence-electron chi connectivity index (χ0n) is 18.5. The third kappa shape index (κ3) is 4.31. The van der Waals surface area contributed by atoms with Gasteiger partial charge >= 0.3 is 0 Å². The molecule has 0 saturated heterocycles. The molecule has 1 amide bonds. The lowest BCUT2D eigenvalue weighted by atomic mass is 9.94. The number of primary amides is 1. The Bertz CT molecular complexity index is 1490. The number of carbonyl (C=O) groups is 1. The Hall–Kier alpha value is -4.30. The predicted molar refractivity (Wildman–Crippen MR) is 133 cm³/mol. The summed E-state index contributed by atoms with van der Waals surface area (Å²) >= 11 is 6.34. The van der Waals surface area contributed by atoms with Crippen molar-refractivity contribution in [3.8, 4) is 17.0 Å². The first kappa shape index (κ1) is 22.5. The molecule has 0 bridgehead atoms. The molecule has 0 spiro atoms. The Morgan fingerprint density at radius 3 is 2.66 bits per heavy atom. The second-order valence-corrected chi connectivity index (χ2v) is 8.24. The number of benzene rings is 3. The van der Waals surface area contributed by atoms with Gasteiger partial charge in [0.05, 0.1) is 30.6 Å². The van der Waals surface area contributed by atoms with Crippen LogP contribution in [0.15, 0.2) is 71.9 Å². The number of anilines is 2. The monoisotopic (exact) mass is 487 g/mol. The van der Waals surface area contributed by atoms with Gasteiger partial charge in [-0.1, -0.05) is 23.7 Å². The van der Waals surface area contributed by atoms with E-state index in [1.54, 1.807) is 54.7 Å². The zero-order chi connectivity index (χ0) is 24.5. The standard InChI is InChI=1S/C26H19ClFN5O2/c1-35-21-4-2-3-20(28)22(21)24-19-11-16(27)7-10-18(19)23-15(12-30-24)13-31-26(33-23)32-17-8-5-14(6-9-17)25(29)34/h2-11,13H,12H2,1H3,(H2,29,34)(H,31,32,33). The number of rotatable bonds is 5. The number of aliphatic imine (C=N–C) groups is 1. The molecule has 4 aromatic rings. The first-order chi connectivity index (χ1) is 16.9. The van der Waals surface area contributed by atoms with Gasteiger partial charge in [-0.15, -0.1) is 0 Å². The SMILES string of the molecule is COc1cccc(F)c1C1=NCc2cnc(Nc3ccc(C(N)=O)cc3)nc2-c2ccc(Cl)cc21. The number of carbonyl (C=O) groups excluding carboxylic acids is 1. The Labute approximate surface area is 205 Å². The average molecular weight is 488 g/mol. The predicted octanol–water partition coefficient (Wildman–Crippen LogP) is 5.14. The van der Waals surface area contributed by atoms with Crippen LogP contribution in [0.3, 0.4) is 0 Å². The zero-order valence-corrected chi connectivity index (χ0v) is 19.3. The number of hydrogen-bond donors (Lipinski definition) is 2. The molecule has 2 heterocycles. The second-order valence-electron chi connectivity index (χ2n) is 7.81. The van der Waals surface area contributed by atoms with Gasteiger partial charge in [-0.3, -0.25) is 9.79 Å². The quantitative estimate of drug-likeness (QED) is 0.406. The van der Waals surface area contributed by atoms with Gasteiger partial charge in [0.25, 0.3) is 0 Å². The second kappa shape index (κ2) is 9.15. The Morgan fingerprint density at radius 1 is 1.11 bits per heavy atom. The van der Waals surface area contributed by atoms with Gasteiger partial charge in [-0.25, -0.2) is 14.4 Å². The van der Waals surface area contributed by atoms with Crippen molar-refractivity contribution in [3.05, 3.63) is 100.0 Å². The summed E-state index contributed by atoms with van der Waals surface area (Å²) in [5.74, 6) is -0.236. The van der Waals surface area contributed by atoms with Gasteiger partial charge in [0.1, 0.15) is 11.6 Å². The van der Waals surface area contributed by atoms with Crippen LogP contribution < -0.4 is 15.8 Å². The van der Waals surface area contributed by atoms with Crippen LogP contribution in [0.4, 0.5) is 16.0 Å². The number of nitrogens with two attached hydrogens (primary N) is 1. The summed E-state index contributed by atoms with van der Waals surface area (Å²) in [5, 5.41) is 3.62. The van der Waals surface area contributed by atoms with E-state index in [1.807, 2.05) is 6.07 Å². The van der Waals surface area contributed by atoms with Crippen molar-refractivity contribution >= 4 is 34.9 Å². The molecule has 1 aliphatic rings. The molecule has 3 N–H and O–H groups in total. The van der Waals surface area contributed by atoms with Crippen LogP contribution in [0.5, 0.6) is 5.75 Å². The van der Waals surface area contributed by atoms with E-state index in [1.165, 1.54) is 13.2 Å². The fourth-order valence-corrected chi connectivity index (χ4v) is 4.12. The maximum atomic E-state index is 15.0. The lowest BCUT2D eigenvalue weighted by molar-refractivity contribution is 0.100. The maximum Gasteiger partial charge on any atom is 0.248 e. The average Bonchev–Trinajstić information content (AvgIpc) is 3.00. The minimum Gasteiger partial charge on any atom is -0.496 e. The normalized spacial score (nSPS) is 12.1. The van der Waals surface area contributed by atoms with Crippen LogP contribution in [0.2, 0.25) is 5.02 Å². The van der Waals surface area contributed by atoms with Crippen molar-refractivity contribution in [2.24, 2.45) is 10.7 Å². The summed E-state index contributed by atoms with van der Waals surface area (Å²) < 4.78 is 20.4. The molecule has 0 unspecified atom stereocenters. The fourth-order valence-electron chi connectivity index (χ4n) is 3.95. The third-order valence-electron chi connectivity index (χ3n) is 5.62. The van der Waals surface area contributed by atoms with E-state index >= 15 is 4.39 Å². The van der Waals surface area contributed by atoms with Crippen LogP contribution in [-0.4, -0.2) is 28.7 Å². The number of methoxy groups -OCH3 is 1. The number of fused-ring (bicyclic) bond motifs is 3. The summed E-state index contributed by atoms with van der Waals surface area (Å²) in [5.41, 5.74) is 9.87. The molecule has 1 aliphatic heterocycles. The van der Waals surface area contributed by atoms with E-state index in [4.69, 9.17) is 32.0 Å². The molecular formula is C26H19ClFN5O2. The van der Waals surface area contributed by atoms with E-state index in [9.17, 15) is 4.79 Å². The number of amides is 1. The van der Waals surface area contributed by atoms with Gasteiger partial charge in [0, 0.05) is 39.2 Å². The molecule has 0 atom stereocenters. The molecule has 5 rings (SSSR count). The topological polar surface area (TPSA) is 102 Å². The Kier molecular flexibility index (Phi) is 5.88. The highest BCUT2D eigenvalue weighted by Gasteiger charge is 2.25. The maximum absolute atomic E-state index is 15.0. The van der Waals surface area contributed by atoms with Crippen LogP contribution in [0, 0.1) is 5.82 Å². The molecular weight excluding hydrogens is 469 g/mol. The highest BCUT2D eigenvalue weighted by molar-refractivity contribution is 6.31. The van der Waals surface area contributed by atoms with Crippen LogP contribution in [-0.2, 0) is 6.54 Å². The summed E-state index contributed by atoms with van der Waals surface area (Å²) in [6.45, 7) is 0.238. The van der Waals surface area contributed by atoms with Gasteiger partial charge in [-0.2, -0.15) is 0 Å². The molecule has 9 heteroatoms. The summed E-state index contributed by atoms with van der Waals surface area (Å²) in [4.78, 5) is 25.2. The van der Waals surface area contributed by atoms with Gasteiger partial charge < -0.3 is 15.8 Å². The number of nitrogens with one attached hydrogen (secondary N) is 1. The smallest absolute Gasteiger partial charge is 0.248 e. The number of nitrogens with zero attached hydrogens (tertiary/aromatic N) is 3. The summed E-state index contributed by atoms with van der Waals surface area (Å²) in [7, 11) is 1.49. The minimum absolute atomic E-state index is 0.238. The van der Waals surface area contributed by atoms with Gasteiger partial charge in [0.15, 0.2) is 0 Å². The van der Waals surface area contributed by atoms with E-state index in [-0.39, 0.29) is 12.1 Å². The number of hydrogen-bond acceptors (Lipinski definition) is 6. The van der Waals surface area contributed by atoms with E-state index in [2.05, 4.69) is 10.3 Å². The summed E-state index contributed by atoms with van der Waals surface area (Å²) in [6.07, 6.45) is 1.69. The van der Waals surface area contributed by atoms with Gasteiger partial charge in [0.2, 0.25) is 11.9 Å². The third-order valence-corrected chi connectivity index (χ3v) is 5.86. The van der Waals surface area contributed by atoms with Gasteiger partial charge in [-0.05, 0) is 48.5 Å². The highest BCUT2D eigenvalue weighted by Crippen LogP contribution is 2.36.